The van der Waals surface area contributed by atoms with E-state index in [-0.39, 0.29) is 17.9 Å². The molecule has 1 amide bonds. The van der Waals surface area contributed by atoms with E-state index in [1.165, 1.54) is 4.57 Å². The van der Waals surface area contributed by atoms with E-state index in [9.17, 15) is 9.59 Å². The second-order valence-electron chi connectivity index (χ2n) is 6.66. The van der Waals surface area contributed by atoms with Crippen molar-refractivity contribution in [1.82, 2.24) is 9.88 Å². The fourth-order valence-corrected chi connectivity index (χ4v) is 3.17. The summed E-state index contributed by atoms with van der Waals surface area (Å²) < 4.78 is 6.61. The number of hydrogen-bond donors (Lipinski definition) is 1. The molecule has 0 saturated carbocycles. The number of carbonyl (C=O) groups excluding carboxylic acids is 1. The molecule has 0 aliphatic rings. The summed E-state index contributed by atoms with van der Waals surface area (Å²) in [5.41, 5.74) is 2.04. The highest BCUT2D eigenvalue weighted by atomic mass is 35.5. The summed E-state index contributed by atoms with van der Waals surface area (Å²) in [6, 6.07) is 13.6. The number of amides is 1. The van der Waals surface area contributed by atoms with Crippen LogP contribution in [-0.2, 0) is 4.79 Å². The molecule has 1 N–H and O–H groups in total. The fourth-order valence-electron chi connectivity index (χ4n) is 3.05. The number of benzene rings is 2. The summed E-state index contributed by atoms with van der Waals surface area (Å²) in [4.78, 5) is 25.1. The maximum atomic E-state index is 12.9. The Morgan fingerprint density at radius 1 is 1.08 bits per heavy atom. The van der Waals surface area contributed by atoms with Crippen molar-refractivity contribution in [3.05, 3.63) is 69.7 Å². The smallest absolute Gasteiger partial charge is 0.408 e. The molecule has 1 aromatic heterocycles. The average Bonchev–Trinajstić information content (AvgIpc) is 2.95. The highest BCUT2D eigenvalue weighted by molar-refractivity contribution is 6.30. The van der Waals surface area contributed by atoms with Gasteiger partial charge in [-0.3, -0.25) is 9.36 Å². The third-order valence-electron chi connectivity index (χ3n) is 4.48. The van der Waals surface area contributed by atoms with Gasteiger partial charge in [-0.1, -0.05) is 49.7 Å². The van der Waals surface area contributed by atoms with Crippen molar-refractivity contribution < 1.29 is 9.21 Å². The molecule has 5 nitrogen and oxygen atoms in total. The molecule has 136 valence electrons. The van der Waals surface area contributed by atoms with Gasteiger partial charge in [0.15, 0.2) is 5.58 Å². The molecule has 6 heteroatoms. The number of nitrogens with one attached hydrogen (secondary N) is 1. The van der Waals surface area contributed by atoms with Gasteiger partial charge in [0.05, 0.1) is 11.6 Å². The molecular weight excluding hydrogens is 352 g/mol. The first kappa shape index (κ1) is 18.3. The Hall–Kier alpha value is -2.53. The van der Waals surface area contributed by atoms with Crippen molar-refractivity contribution in [2.45, 2.75) is 32.9 Å². The van der Waals surface area contributed by atoms with E-state index in [0.29, 0.717) is 16.1 Å². The van der Waals surface area contributed by atoms with Crippen LogP contribution in [0.15, 0.2) is 57.7 Å². The van der Waals surface area contributed by atoms with Crippen LogP contribution in [0.4, 0.5) is 0 Å². The molecule has 3 rings (SSSR count). The zero-order valence-electron chi connectivity index (χ0n) is 14.9. The van der Waals surface area contributed by atoms with Crippen LogP contribution in [-0.4, -0.2) is 10.5 Å². The zero-order chi connectivity index (χ0) is 18.8. The molecule has 26 heavy (non-hydrogen) atoms. The lowest BCUT2D eigenvalue weighted by atomic mass is 9.95. The average molecular weight is 373 g/mol. The van der Waals surface area contributed by atoms with Crippen LogP contribution in [0.2, 0.25) is 5.02 Å². The minimum Gasteiger partial charge on any atom is -0.408 e. The second kappa shape index (κ2) is 7.38. The topological polar surface area (TPSA) is 64.2 Å². The van der Waals surface area contributed by atoms with Crippen molar-refractivity contribution in [3.63, 3.8) is 0 Å². The van der Waals surface area contributed by atoms with Crippen molar-refractivity contribution in [2.75, 3.05) is 0 Å². The molecule has 1 heterocycles. The molecule has 0 saturated heterocycles. The van der Waals surface area contributed by atoms with Gasteiger partial charge in [-0.25, -0.2) is 4.79 Å². The lowest BCUT2D eigenvalue weighted by Gasteiger charge is -2.25. The molecule has 2 aromatic carbocycles. The van der Waals surface area contributed by atoms with Crippen LogP contribution < -0.4 is 11.1 Å². The first-order valence-corrected chi connectivity index (χ1v) is 8.92. The van der Waals surface area contributed by atoms with Gasteiger partial charge in [0.1, 0.15) is 6.04 Å². The maximum absolute atomic E-state index is 12.9. The summed E-state index contributed by atoms with van der Waals surface area (Å²) >= 11 is 5.96. The molecule has 0 radical (unpaired) electrons. The molecule has 2 atom stereocenters. The zero-order valence-corrected chi connectivity index (χ0v) is 15.7. The Morgan fingerprint density at radius 3 is 2.38 bits per heavy atom. The molecule has 0 aliphatic heterocycles. The number of oxazole rings is 1. The first-order valence-electron chi connectivity index (χ1n) is 8.54. The highest BCUT2D eigenvalue weighted by Gasteiger charge is 2.25. The molecule has 0 bridgehead atoms. The lowest BCUT2D eigenvalue weighted by molar-refractivity contribution is -0.125. The summed E-state index contributed by atoms with van der Waals surface area (Å²) in [5, 5.41) is 3.69. The van der Waals surface area contributed by atoms with Crippen LogP contribution in [0.5, 0.6) is 0 Å². The van der Waals surface area contributed by atoms with E-state index in [1.54, 1.807) is 37.3 Å². The SMILES string of the molecule is CC(C)C(NC(=O)C(C)n1c(=O)oc2ccccc21)c1ccc(Cl)cc1. The van der Waals surface area contributed by atoms with Crippen molar-refractivity contribution >= 4 is 28.6 Å². The maximum Gasteiger partial charge on any atom is 0.420 e. The van der Waals surface area contributed by atoms with Gasteiger partial charge in [0, 0.05) is 5.02 Å². The van der Waals surface area contributed by atoms with Gasteiger partial charge in [-0.2, -0.15) is 0 Å². The lowest BCUT2D eigenvalue weighted by Crippen LogP contribution is -2.38. The Morgan fingerprint density at radius 2 is 1.73 bits per heavy atom. The number of carbonyl (C=O) groups is 1. The quantitative estimate of drug-likeness (QED) is 0.725. The summed E-state index contributed by atoms with van der Waals surface area (Å²) in [7, 11) is 0. The van der Waals surface area contributed by atoms with E-state index in [2.05, 4.69) is 5.32 Å². The first-order chi connectivity index (χ1) is 12.4. The number of para-hydroxylation sites is 2. The van der Waals surface area contributed by atoms with Crippen LogP contribution in [0.3, 0.4) is 0 Å². The normalized spacial score (nSPS) is 13.7. The van der Waals surface area contributed by atoms with Gasteiger partial charge < -0.3 is 9.73 Å². The van der Waals surface area contributed by atoms with Gasteiger partial charge >= 0.3 is 5.76 Å². The fraction of sp³-hybridized carbons (Fsp3) is 0.300. The number of aromatic nitrogens is 1. The summed E-state index contributed by atoms with van der Waals surface area (Å²) in [6.07, 6.45) is 0. The number of hydrogen-bond acceptors (Lipinski definition) is 3. The number of halogens is 1. The van der Waals surface area contributed by atoms with Crippen LogP contribution in [0.25, 0.3) is 11.1 Å². The predicted molar refractivity (Wildman–Crippen MR) is 102 cm³/mol. The molecule has 2 unspecified atom stereocenters. The Bertz CT molecular complexity index is 973. The van der Waals surface area contributed by atoms with Gasteiger partial charge in [0.25, 0.3) is 0 Å². The monoisotopic (exact) mass is 372 g/mol. The molecule has 0 aliphatic carbocycles. The molecule has 0 fully saturated rings. The highest BCUT2D eigenvalue weighted by Crippen LogP contribution is 2.25. The Kier molecular flexibility index (Phi) is 5.18. The minimum atomic E-state index is -0.695. The molecule has 0 spiro atoms. The third kappa shape index (κ3) is 3.53. The largest absolute Gasteiger partial charge is 0.420 e. The number of fused-ring (bicyclic) bond motifs is 1. The molecular formula is C20H21ClN2O3. The van der Waals surface area contributed by atoms with Crippen molar-refractivity contribution in [2.24, 2.45) is 5.92 Å². The van der Waals surface area contributed by atoms with Crippen molar-refractivity contribution in [3.8, 4) is 0 Å². The van der Waals surface area contributed by atoms with Crippen LogP contribution in [0.1, 0.15) is 38.4 Å². The van der Waals surface area contributed by atoms with Crippen molar-refractivity contribution in [1.29, 1.82) is 0 Å². The van der Waals surface area contributed by atoms with Gasteiger partial charge in [0.2, 0.25) is 5.91 Å². The van der Waals surface area contributed by atoms with Crippen LogP contribution >= 0.6 is 11.6 Å². The van der Waals surface area contributed by atoms with Gasteiger partial charge in [-0.15, -0.1) is 0 Å². The summed E-state index contributed by atoms with van der Waals surface area (Å²) in [5.74, 6) is -0.612. The van der Waals surface area contributed by atoms with Crippen LogP contribution in [0, 0.1) is 5.92 Å². The van der Waals surface area contributed by atoms with E-state index >= 15 is 0 Å². The standard InChI is InChI=1S/C20H21ClN2O3/c1-12(2)18(14-8-10-15(21)11-9-14)22-19(24)13(3)23-16-6-4-5-7-17(16)26-20(23)25/h4-13,18H,1-3H3,(H,22,24). The third-order valence-corrected chi connectivity index (χ3v) is 4.73. The van der Waals surface area contributed by atoms with E-state index in [4.69, 9.17) is 16.0 Å². The summed E-state index contributed by atoms with van der Waals surface area (Å²) in [6.45, 7) is 5.76. The second-order valence-corrected chi connectivity index (χ2v) is 7.10. The van der Waals surface area contributed by atoms with E-state index in [0.717, 1.165) is 5.56 Å². The van der Waals surface area contributed by atoms with Gasteiger partial charge in [-0.05, 0) is 42.7 Å². The minimum absolute atomic E-state index is 0.171. The molecule has 3 aromatic rings. The number of rotatable bonds is 5. The van der Waals surface area contributed by atoms with E-state index in [1.807, 2.05) is 32.0 Å². The predicted octanol–water partition coefficient (Wildman–Crippen LogP) is 4.32. The Balaban J connectivity index is 1.88. The number of nitrogens with zero attached hydrogens (tertiary/aromatic N) is 1. The van der Waals surface area contributed by atoms with E-state index < -0.39 is 11.8 Å². The Labute approximate surface area is 156 Å².